The number of aliphatic hydroxyl groups is 1. The topological polar surface area (TPSA) is 50.7 Å². The number of aliphatic hydroxyl groups excluding tert-OH is 1. The van der Waals surface area contributed by atoms with Crippen molar-refractivity contribution in [2.24, 2.45) is 0 Å². The summed E-state index contributed by atoms with van der Waals surface area (Å²) < 4.78 is 10.9. The fourth-order valence-corrected chi connectivity index (χ4v) is 1.58. The lowest BCUT2D eigenvalue weighted by atomic mass is 10.2. The van der Waals surface area contributed by atoms with Crippen LogP contribution in [0.2, 0.25) is 0 Å². The molecule has 1 aromatic rings. The molecule has 1 aromatic carbocycles. The van der Waals surface area contributed by atoms with Gasteiger partial charge in [0.25, 0.3) is 0 Å². The van der Waals surface area contributed by atoms with Crippen molar-refractivity contribution in [3.63, 3.8) is 0 Å². The molecule has 0 amide bonds. The van der Waals surface area contributed by atoms with E-state index >= 15 is 0 Å². The zero-order valence-electron chi connectivity index (χ0n) is 11.7. The molecule has 0 aliphatic carbocycles. The molecule has 1 rings (SSSR count). The van der Waals surface area contributed by atoms with E-state index in [1.54, 1.807) is 7.11 Å². The van der Waals surface area contributed by atoms with E-state index in [2.05, 4.69) is 11.9 Å². The summed E-state index contributed by atoms with van der Waals surface area (Å²) in [6.45, 7) is 7.98. The average Bonchev–Trinajstić information content (AvgIpc) is 2.41. The normalized spacial score (nSPS) is 10.3. The number of hydrogen-bond acceptors (Lipinski definition) is 4. The van der Waals surface area contributed by atoms with Crippen molar-refractivity contribution < 1.29 is 14.6 Å². The van der Waals surface area contributed by atoms with Crippen LogP contribution in [0.25, 0.3) is 0 Å². The first-order chi connectivity index (χ1) is 9.17. The van der Waals surface area contributed by atoms with Gasteiger partial charge in [-0.3, -0.25) is 0 Å². The lowest BCUT2D eigenvalue weighted by Gasteiger charge is -2.12. The molecule has 0 aromatic heterocycles. The standard InChI is InChI=1S/C15H23NO3/c1-12(2)11-19-14-6-5-13(9-15(14)18-3)10-16-7-4-8-17/h5-6,9,16-17H,1,4,7-8,10-11H2,2-3H3. The molecule has 4 heteroatoms. The van der Waals surface area contributed by atoms with E-state index in [0.29, 0.717) is 6.61 Å². The molecule has 4 nitrogen and oxygen atoms in total. The number of nitrogens with one attached hydrogen (secondary N) is 1. The largest absolute Gasteiger partial charge is 0.493 e. The van der Waals surface area contributed by atoms with Crippen molar-refractivity contribution >= 4 is 0 Å². The van der Waals surface area contributed by atoms with Crippen LogP contribution in [0.1, 0.15) is 18.9 Å². The smallest absolute Gasteiger partial charge is 0.161 e. The molecule has 0 atom stereocenters. The summed E-state index contributed by atoms with van der Waals surface area (Å²) in [7, 11) is 1.63. The zero-order chi connectivity index (χ0) is 14.1. The summed E-state index contributed by atoms with van der Waals surface area (Å²) in [5, 5.41) is 12.0. The minimum atomic E-state index is 0.212. The monoisotopic (exact) mass is 265 g/mol. The molecule has 0 fully saturated rings. The highest BCUT2D eigenvalue weighted by Crippen LogP contribution is 2.28. The molecule has 0 aliphatic heterocycles. The molecule has 0 saturated heterocycles. The van der Waals surface area contributed by atoms with Crippen LogP contribution in [0, 0.1) is 0 Å². The first-order valence-corrected chi connectivity index (χ1v) is 6.43. The molecule has 0 saturated carbocycles. The van der Waals surface area contributed by atoms with E-state index in [0.717, 1.165) is 42.1 Å². The fraction of sp³-hybridized carbons (Fsp3) is 0.467. The maximum Gasteiger partial charge on any atom is 0.161 e. The predicted molar refractivity (Wildman–Crippen MR) is 76.7 cm³/mol. The summed E-state index contributed by atoms with van der Waals surface area (Å²) >= 11 is 0. The summed E-state index contributed by atoms with van der Waals surface area (Å²) in [6.07, 6.45) is 0.761. The Balaban J connectivity index is 2.59. The van der Waals surface area contributed by atoms with Gasteiger partial charge >= 0.3 is 0 Å². The van der Waals surface area contributed by atoms with Gasteiger partial charge in [-0.05, 0) is 43.2 Å². The number of benzene rings is 1. The molecule has 0 heterocycles. The van der Waals surface area contributed by atoms with Crippen LogP contribution >= 0.6 is 0 Å². The second-order valence-corrected chi connectivity index (χ2v) is 4.48. The Bertz CT molecular complexity index is 404. The van der Waals surface area contributed by atoms with Crippen LogP contribution in [0.5, 0.6) is 11.5 Å². The van der Waals surface area contributed by atoms with Gasteiger partial charge in [-0.2, -0.15) is 0 Å². The molecular formula is C15H23NO3. The molecule has 106 valence electrons. The Hall–Kier alpha value is -1.52. The lowest BCUT2D eigenvalue weighted by molar-refractivity contribution is 0.286. The average molecular weight is 265 g/mol. The summed E-state index contributed by atoms with van der Waals surface area (Å²) in [5.41, 5.74) is 2.09. The van der Waals surface area contributed by atoms with Gasteiger partial charge in [0.1, 0.15) is 6.61 Å². The number of methoxy groups -OCH3 is 1. The molecule has 0 spiro atoms. The molecule has 0 aliphatic rings. The Morgan fingerprint density at radius 3 is 2.79 bits per heavy atom. The van der Waals surface area contributed by atoms with Crippen molar-refractivity contribution in [3.8, 4) is 11.5 Å². The molecule has 0 radical (unpaired) electrons. The van der Waals surface area contributed by atoms with Gasteiger partial charge in [0, 0.05) is 13.2 Å². The van der Waals surface area contributed by atoms with E-state index in [-0.39, 0.29) is 6.61 Å². The molecule has 2 N–H and O–H groups in total. The van der Waals surface area contributed by atoms with Crippen molar-refractivity contribution in [3.05, 3.63) is 35.9 Å². The molecule has 0 bridgehead atoms. The van der Waals surface area contributed by atoms with E-state index in [1.165, 1.54) is 0 Å². The van der Waals surface area contributed by atoms with Crippen LogP contribution in [-0.4, -0.2) is 32.0 Å². The van der Waals surface area contributed by atoms with Gasteiger partial charge in [0.15, 0.2) is 11.5 Å². The Labute approximate surface area is 115 Å². The van der Waals surface area contributed by atoms with Gasteiger partial charge in [-0.15, -0.1) is 0 Å². The number of rotatable bonds is 9. The van der Waals surface area contributed by atoms with Crippen molar-refractivity contribution in [1.82, 2.24) is 5.32 Å². The Kier molecular flexibility index (Phi) is 7.00. The van der Waals surface area contributed by atoms with Crippen LogP contribution in [-0.2, 0) is 6.54 Å². The summed E-state index contributed by atoms with van der Waals surface area (Å²) in [6, 6.07) is 5.87. The first-order valence-electron chi connectivity index (χ1n) is 6.43. The van der Waals surface area contributed by atoms with Crippen LogP contribution < -0.4 is 14.8 Å². The van der Waals surface area contributed by atoms with Crippen LogP contribution in [0.3, 0.4) is 0 Å². The number of ether oxygens (including phenoxy) is 2. The molecular weight excluding hydrogens is 242 g/mol. The van der Waals surface area contributed by atoms with Crippen molar-refractivity contribution in [1.29, 1.82) is 0 Å². The highest BCUT2D eigenvalue weighted by Gasteiger charge is 2.05. The third-order valence-electron chi connectivity index (χ3n) is 2.54. The highest BCUT2D eigenvalue weighted by molar-refractivity contribution is 5.43. The van der Waals surface area contributed by atoms with Crippen molar-refractivity contribution in [2.45, 2.75) is 19.9 Å². The number of hydrogen-bond donors (Lipinski definition) is 2. The van der Waals surface area contributed by atoms with Gasteiger partial charge in [0.05, 0.1) is 7.11 Å². The molecule has 0 unspecified atom stereocenters. The maximum absolute atomic E-state index is 8.70. The van der Waals surface area contributed by atoms with E-state index in [1.807, 2.05) is 25.1 Å². The SMILES string of the molecule is C=C(C)COc1ccc(CNCCCO)cc1OC. The highest BCUT2D eigenvalue weighted by atomic mass is 16.5. The summed E-state index contributed by atoms with van der Waals surface area (Å²) in [5.74, 6) is 1.45. The van der Waals surface area contributed by atoms with Crippen molar-refractivity contribution in [2.75, 3.05) is 26.9 Å². The minimum Gasteiger partial charge on any atom is -0.493 e. The maximum atomic E-state index is 8.70. The van der Waals surface area contributed by atoms with Crippen LogP contribution in [0.15, 0.2) is 30.4 Å². The zero-order valence-corrected chi connectivity index (χ0v) is 11.7. The summed E-state index contributed by atoms with van der Waals surface area (Å²) in [4.78, 5) is 0. The predicted octanol–water partition coefficient (Wildman–Crippen LogP) is 2.12. The fourth-order valence-electron chi connectivity index (χ4n) is 1.58. The second-order valence-electron chi connectivity index (χ2n) is 4.48. The van der Waals surface area contributed by atoms with E-state index < -0.39 is 0 Å². The van der Waals surface area contributed by atoms with E-state index in [9.17, 15) is 0 Å². The van der Waals surface area contributed by atoms with E-state index in [4.69, 9.17) is 14.6 Å². The minimum absolute atomic E-state index is 0.212. The second kappa shape index (κ2) is 8.56. The Morgan fingerprint density at radius 2 is 2.16 bits per heavy atom. The van der Waals surface area contributed by atoms with Crippen LogP contribution in [0.4, 0.5) is 0 Å². The Morgan fingerprint density at radius 1 is 1.37 bits per heavy atom. The van der Waals surface area contributed by atoms with Gasteiger partial charge in [-0.25, -0.2) is 0 Å². The van der Waals surface area contributed by atoms with Gasteiger partial charge < -0.3 is 19.9 Å². The molecule has 19 heavy (non-hydrogen) atoms. The quantitative estimate of drug-likeness (QED) is 0.530. The van der Waals surface area contributed by atoms with Gasteiger partial charge in [-0.1, -0.05) is 12.6 Å². The van der Waals surface area contributed by atoms with Gasteiger partial charge in [0.2, 0.25) is 0 Å². The first kappa shape index (κ1) is 15.5. The lowest BCUT2D eigenvalue weighted by Crippen LogP contribution is -2.15. The third-order valence-corrected chi connectivity index (χ3v) is 2.54. The third kappa shape index (κ3) is 5.77.